The van der Waals surface area contributed by atoms with Gasteiger partial charge in [-0.25, -0.2) is 0 Å². The molecule has 1 fully saturated rings. The van der Waals surface area contributed by atoms with Crippen LogP contribution in [0.15, 0.2) is 45.8 Å². The lowest BCUT2D eigenvalue weighted by Crippen LogP contribution is -2.44. The van der Waals surface area contributed by atoms with Crippen LogP contribution in [-0.4, -0.2) is 27.8 Å². The van der Waals surface area contributed by atoms with E-state index in [1.807, 2.05) is 32.0 Å². The quantitative estimate of drug-likeness (QED) is 0.433. The van der Waals surface area contributed by atoms with Crippen molar-refractivity contribution in [1.82, 2.24) is 10.4 Å². The number of amides is 2. The molecule has 150 valence electrons. The smallest absolute Gasteiger partial charge is 0.285 e. The van der Waals surface area contributed by atoms with Crippen LogP contribution in [0.2, 0.25) is 5.02 Å². The fourth-order valence-corrected chi connectivity index (χ4v) is 4.57. The second-order valence-corrected chi connectivity index (χ2v) is 9.00. The summed E-state index contributed by atoms with van der Waals surface area (Å²) in [7, 11) is 0. The summed E-state index contributed by atoms with van der Waals surface area (Å²) in [4.78, 5) is 25.7. The second-order valence-electron chi connectivity index (χ2n) is 6.06. The molecular weight excluding hydrogens is 496 g/mol. The molecule has 3 rings (SSSR count). The SMILES string of the molecule is CCOc1ccc(/C=C2\SC(=S)N(NC(=O)c3ccc(C)cc3Cl)C2=O)cc1Br. The maximum atomic E-state index is 12.7. The van der Waals surface area contributed by atoms with Gasteiger partial charge in [-0.2, -0.15) is 5.01 Å². The summed E-state index contributed by atoms with van der Waals surface area (Å²) in [6.07, 6.45) is 1.71. The highest BCUT2D eigenvalue weighted by atomic mass is 79.9. The van der Waals surface area contributed by atoms with Crippen molar-refractivity contribution < 1.29 is 14.3 Å². The summed E-state index contributed by atoms with van der Waals surface area (Å²) < 4.78 is 6.51. The Hall–Kier alpha value is -1.87. The van der Waals surface area contributed by atoms with Gasteiger partial charge in [0.1, 0.15) is 5.75 Å². The van der Waals surface area contributed by atoms with Crippen molar-refractivity contribution in [2.45, 2.75) is 13.8 Å². The zero-order chi connectivity index (χ0) is 21.1. The van der Waals surface area contributed by atoms with Crippen molar-refractivity contribution >= 4 is 73.7 Å². The highest BCUT2D eigenvalue weighted by molar-refractivity contribution is 9.10. The molecule has 0 saturated carbocycles. The van der Waals surface area contributed by atoms with E-state index >= 15 is 0 Å². The number of ether oxygens (including phenoxy) is 1. The van der Waals surface area contributed by atoms with Gasteiger partial charge in [0.05, 0.1) is 26.6 Å². The zero-order valence-corrected chi connectivity index (χ0v) is 19.5. The van der Waals surface area contributed by atoms with Gasteiger partial charge in [-0.15, -0.1) is 0 Å². The number of halogens is 2. The molecule has 1 N–H and O–H groups in total. The van der Waals surface area contributed by atoms with Crippen LogP contribution in [0.5, 0.6) is 5.75 Å². The molecule has 0 aromatic heterocycles. The van der Waals surface area contributed by atoms with Crippen molar-refractivity contribution in [3.63, 3.8) is 0 Å². The number of hydrogen-bond acceptors (Lipinski definition) is 5. The highest BCUT2D eigenvalue weighted by Gasteiger charge is 2.34. The molecular formula is C20H16BrClN2O3S2. The Morgan fingerprint density at radius 2 is 2.10 bits per heavy atom. The van der Waals surface area contributed by atoms with Gasteiger partial charge in [-0.1, -0.05) is 35.5 Å². The number of carbonyl (C=O) groups is 2. The molecule has 0 radical (unpaired) electrons. The molecule has 0 atom stereocenters. The molecule has 2 aromatic carbocycles. The Kier molecular flexibility index (Phi) is 7.00. The maximum absolute atomic E-state index is 12.7. The van der Waals surface area contributed by atoms with Crippen molar-refractivity contribution in [3.8, 4) is 5.75 Å². The summed E-state index contributed by atoms with van der Waals surface area (Å²) >= 11 is 16.0. The summed E-state index contributed by atoms with van der Waals surface area (Å²) in [5, 5.41) is 1.37. The van der Waals surface area contributed by atoms with Gasteiger partial charge in [0, 0.05) is 0 Å². The third kappa shape index (κ3) is 5.01. The molecule has 1 saturated heterocycles. The standard InChI is InChI=1S/C20H16BrClN2O3S2/c1-3-27-16-7-5-12(9-14(16)21)10-17-19(26)24(20(28)29-17)23-18(25)13-6-4-11(2)8-15(13)22/h4-10H,3H2,1-2H3,(H,23,25)/b17-10-. The molecule has 29 heavy (non-hydrogen) atoms. The predicted molar refractivity (Wildman–Crippen MR) is 124 cm³/mol. The van der Waals surface area contributed by atoms with Crippen LogP contribution >= 0.6 is 51.5 Å². The number of thiocarbonyl (C=S) groups is 1. The van der Waals surface area contributed by atoms with Gasteiger partial charge in [-0.05, 0) is 83.5 Å². The number of aryl methyl sites for hydroxylation is 1. The first kappa shape index (κ1) is 21.8. The van der Waals surface area contributed by atoms with Crippen molar-refractivity contribution in [3.05, 3.63) is 67.5 Å². The Morgan fingerprint density at radius 3 is 2.76 bits per heavy atom. The minimum atomic E-state index is -0.503. The number of carbonyl (C=O) groups excluding carboxylic acids is 2. The fourth-order valence-electron chi connectivity index (χ4n) is 2.56. The fraction of sp³-hybridized carbons (Fsp3) is 0.150. The van der Waals surface area contributed by atoms with Crippen LogP contribution in [-0.2, 0) is 4.79 Å². The van der Waals surface area contributed by atoms with Gasteiger partial charge in [-0.3, -0.25) is 15.0 Å². The van der Waals surface area contributed by atoms with Crippen LogP contribution in [0.25, 0.3) is 6.08 Å². The zero-order valence-electron chi connectivity index (χ0n) is 15.5. The summed E-state index contributed by atoms with van der Waals surface area (Å²) in [6, 6.07) is 10.6. The van der Waals surface area contributed by atoms with Crippen molar-refractivity contribution in [1.29, 1.82) is 0 Å². The third-order valence-corrected chi connectivity index (χ3v) is 6.16. The molecule has 0 spiro atoms. The Balaban J connectivity index is 1.78. The first-order valence-electron chi connectivity index (χ1n) is 8.57. The molecule has 2 amide bonds. The van der Waals surface area contributed by atoms with E-state index in [2.05, 4.69) is 21.4 Å². The van der Waals surface area contributed by atoms with Crippen LogP contribution in [0.4, 0.5) is 0 Å². The molecule has 1 aliphatic heterocycles. The minimum absolute atomic E-state index is 0.239. The van der Waals surface area contributed by atoms with Crippen molar-refractivity contribution in [2.24, 2.45) is 0 Å². The molecule has 0 aliphatic carbocycles. The number of benzene rings is 2. The molecule has 0 unspecified atom stereocenters. The van der Waals surface area contributed by atoms with E-state index in [0.717, 1.165) is 38.1 Å². The van der Waals surface area contributed by atoms with E-state index in [-0.39, 0.29) is 9.88 Å². The normalized spacial score (nSPS) is 15.2. The summed E-state index contributed by atoms with van der Waals surface area (Å²) in [5.41, 5.74) is 4.54. The largest absolute Gasteiger partial charge is 0.493 e. The summed E-state index contributed by atoms with van der Waals surface area (Å²) in [5.74, 6) is -0.183. The lowest BCUT2D eigenvalue weighted by Gasteiger charge is -2.16. The lowest BCUT2D eigenvalue weighted by atomic mass is 10.1. The maximum Gasteiger partial charge on any atom is 0.285 e. The lowest BCUT2D eigenvalue weighted by molar-refractivity contribution is -0.123. The molecule has 1 heterocycles. The average Bonchev–Trinajstić information content (AvgIpc) is 2.91. The van der Waals surface area contributed by atoms with Crippen LogP contribution in [0.1, 0.15) is 28.4 Å². The van der Waals surface area contributed by atoms with E-state index in [0.29, 0.717) is 16.5 Å². The third-order valence-electron chi connectivity index (χ3n) is 3.93. The molecule has 5 nitrogen and oxygen atoms in total. The summed E-state index contributed by atoms with van der Waals surface area (Å²) in [6.45, 7) is 4.34. The Bertz CT molecular complexity index is 1040. The van der Waals surface area contributed by atoms with Gasteiger partial charge < -0.3 is 4.74 Å². The average molecular weight is 512 g/mol. The minimum Gasteiger partial charge on any atom is -0.493 e. The number of hydrazine groups is 1. The topological polar surface area (TPSA) is 58.6 Å². The number of nitrogens with one attached hydrogen (secondary N) is 1. The number of nitrogens with zero attached hydrogens (tertiary/aromatic N) is 1. The second kappa shape index (κ2) is 9.30. The first-order valence-corrected chi connectivity index (χ1v) is 11.0. The van der Waals surface area contributed by atoms with Crippen LogP contribution < -0.4 is 10.2 Å². The Labute approximate surface area is 191 Å². The van der Waals surface area contributed by atoms with Gasteiger partial charge in [0.2, 0.25) is 0 Å². The van der Waals surface area contributed by atoms with E-state index in [1.54, 1.807) is 24.3 Å². The molecule has 2 aromatic rings. The van der Waals surface area contributed by atoms with Gasteiger partial charge in [0.25, 0.3) is 11.8 Å². The highest BCUT2D eigenvalue weighted by Crippen LogP contribution is 2.33. The predicted octanol–water partition coefficient (Wildman–Crippen LogP) is 5.36. The van der Waals surface area contributed by atoms with E-state index < -0.39 is 11.8 Å². The van der Waals surface area contributed by atoms with Crippen LogP contribution in [0.3, 0.4) is 0 Å². The van der Waals surface area contributed by atoms with E-state index in [9.17, 15) is 9.59 Å². The molecule has 9 heteroatoms. The Morgan fingerprint density at radius 1 is 1.34 bits per heavy atom. The van der Waals surface area contributed by atoms with Crippen LogP contribution in [0, 0.1) is 6.92 Å². The monoisotopic (exact) mass is 510 g/mol. The number of hydrogen-bond donors (Lipinski definition) is 1. The van der Waals surface area contributed by atoms with Gasteiger partial charge >= 0.3 is 0 Å². The van der Waals surface area contributed by atoms with E-state index in [4.69, 9.17) is 28.6 Å². The van der Waals surface area contributed by atoms with Crippen molar-refractivity contribution in [2.75, 3.05) is 6.61 Å². The number of thioether (sulfide) groups is 1. The van der Waals surface area contributed by atoms with E-state index in [1.165, 1.54) is 0 Å². The molecule has 0 bridgehead atoms. The number of rotatable bonds is 5. The van der Waals surface area contributed by atoms with Gasteiger partial charge in [0.15, 0.2) is 4.32 Å². The first-order chi connectivity index (χ1) is 13.8. The molecule has 1 aliphatic rings.